The van der Waals surface area contributed by atoms with Gasteiger partial charge in [-0.05, 0) is 35.9 Å². The van der Waals surface area contributed by atoms with E-state index >= 15 is 0 Å². The van der Waals surface area contributed by atoms with E-state index in [9.17, 15) is 36.3 Å². The van der Waals surface area contributed by atoms with Crippen LogP contribution in [0.25, 0.3) is 0 Å². The monoisotopic (exact) mass is 536 g/mol. The van der Waals surface area contributed by atoms with Crippen molar-refractivity contribution in [3.63, 3.8) is 0 Å². The molecule has 0 aromatic heterocycles. The highest BCUT2D eigenvalue weighted by atomic mass is 32.2. The SMILES string of the molecule is N#CC1CN(S(=O)(=O)c2cccc(C(=O)N3C[C@@H](O)C[C@@H]3C(=O)NCc3ccc(C(F)(F)F)cc3)c2)C1. The van der Waals surface area contributed by atoms with Crippen LogP contribution >= 0.6 is 0 Å². The van der Waals surface area contributed by atoms with Crippen molar-refractivity contribution in [1.82, 2.24) is 14.5 Å². The minimum absolute atomic E-state index is 0.00747. The van der Waals surface area contributed by atoms with E-state index < -0.39 is 45.7 Å². The van der Waals surface area contributed by atoms with Gasteiger partial charge in [0.15, 0.2) is 0 Å². The third-order valence-corrected chi connectivity index (χ3v) is 8.17. The number of nitrogens with zero attached hydrogens (tertiary/aromatic N) is 3. The van der Waals surface area contributed by atoms with Gasteiger partial charge in [-0.25, -0.2) is 8.42 Å². The number of carbonyl (C=O) groups is 2. The number of benzene rings is 2. The zero-order chi connectivity index (χ0) is 27.0. The minimum Gasteiger partial charge on any atom is -0.391 e. The molecule has 0 aliphatic carbocycles. The van der Waals surface area contributed by atoms with Crippen molar-refractivity contribution < 1.29 is 36.3 Å². The van der Waals surface area contributed by atoms with Gasteiger partial charge >= 0.3 is 6.18 Å². The second kappa shape index (κ2) is 10.1. The molecule has 2 atom stereocenters. The first-order chi connectivity index (χ1) is 17.4. The summed E-state index contributed by atoms with van der Waals surface area (Å²) in [4.78, 5) is 27.1. The highest BCUT2D eigenvalue weighted by Crippen LogP contribution is 2.29. The molecule has 2 aromatic carbocycles. The van der Waals surface area contributed by atoms with E-state index in [1.54, 1.807) is 0 Å². The highest BCUT2D eigenvalue weighted by Gasteiger charge is 2.40. The van der Waals surface area contributed by atoms with E-state index in [1.807, 2.05) is 6.07 Å². The molecule has 0 radical (unpaired) electrons. The number of carbonyl (C=O) groups excluding carboxylic acids is 2. The van der Waals surface area contributed by atoms with Crippen LogP contribution in [0.4, 0.5) is 13.2 Å². The molecular weight excluding hydrogens is 513 g/mol. The average molecular weight is 537 g/mol. The Morgan fingerprint density at radius 1 is 1.11 bits per heavy atom. The molecule has 9 nitrogen and oxygen atoms in total. The van der Waals surface area contributed by atoms with Crippen LogP contribution in [0.2, 0.25) is 0 Å². The summed E-state index contributed by atoms with van der Waals surface area (Å²) in [5.41, 5.74) is -0.394. The van der Waals surface area contributed by atoms with E-state index in [0.29, 0.717) is 5.56 Å². The molecule has 2 amide bonds. The zero-order valence-corrected chi connectivity index (χ0v) is 20.2. The fourth-order valence-electron chi connectivity index (χ4n) is 4.23. The number of halogens is 3. The molecule has 2 N–H and O–H groups in total. The Hall–Kier alpha value is -3.47. The maximum atomic E-state index is 13.2. The summed E-state index contributed by atoms with van der Waals surface area (Å²) in [7, 11) is -3.90. The molecular formula is C24H23F3N4O5S. The Kier molecular flexibility index (Phi) is 7.27. The highest BCUT2D eigenvalue weighted by molar-refractivity contribution is 7.89. The molecule has 2 saturated heterocycles. The predicted molar refractivity (Wildman–Crippen MR) is 123 cm³/mol. The molecule has 13 heteroatoms. The van der Waals surface area contributed by atoms with E-state index in [0.717, 1.165) is 21.3 Å². The van der Waals surface area contributed by atoms with Gasteiger partial charge < -0.3 is 15.3 Å². The largest absolute Gasteiger partial charge is 0.416 e. The van der Waals surface area contributed by atoms with E-state index in [4.69, 9.17) is 5.26 Å². The number of nitrogens with one attached hydrogen (secondary N) is 1. The Bertz CT molecular complexity index is 1340. The van der Waals surface area contributed by atoms with Crippen LogP contribution in [0.15, 0.2) is 53.4 Å². The third kappa shape index (κ3) is 5.61. The fourth-order valence-corrected chi connectivity index (χ4v) is 5.80. The van der Waals surface area contributed by atoms with Crippen molar-refractivity contribution in [2.24, 2.45) is 5.92 Å². The standard InChI is InChI=1S/C24H23F3N4O5S/c25-24(26,27)18-6-4-15(5-7-18)11-29-22(33)21-9-19(32)14-31(21)23(34)17-2-1-3-20(8-17)37(35,36)30-12-16(10-28)13-30/h1-8,16,19,21,32H,9,11-14H2,(H,29,33)/t19-,21+/m0/s1. The lowest BCUT2D eigenvalue weighted by Crippen LogP contribution is -2.49. The van der Waals surface area contributed by atoms with Crippen LogP contribution in [-0.2, 0) is 27.5 Å². The topological polar surface area (TPSA) is 131 Å². The molecule has 2 aliphatic heterocycles. The second-order valence-electron chi connectivity index (χ2n) is 8.95. The lowest BCUT2D eigenvalue weighted by Gasteiger charge is -2.34. The van der Waals surface area contributed by atoms with Crippen LogP contribution < -0.4 is 5.32 Å². The van der Waals surface area contributed by atoms with Crippen molar-refractivity contribution >= 4 is 21.8 Å². The smallest absolute Gasteiger partial charge is 0.391 e. The molecule has 2 aliphatic rings. The molecule has 2 heterocycles. The van der Waals surface area contributed by atoms with Gasteiger partial charge in [0.25, 0.3) is 5.91 Å². The Balaban J connectivity index is 1.45. The molecule has 0 unspecified atom stereocenters. The number of nitriles is 1. The lowest BCUT2D eigenvalue weighted by molar-refractivity contribution is -0.137. The third-order valence-electron chi connectivity index (χ3n) is 6.34. The van der Waals surface area contributed by atoms with Crippen LogP contribution in [0.1, 0.15) is 27.9 Å². The summed E-state index contributed by atoms with van der Waals surface area (Å²) in [6, 6.07) is 10.5. The van der Waals surface area contributed by atoms with Crippen molar-refractivity contribution in [1.29, 1.82) is 5.26 Å². The van der Waals surface area contributed by atoms with Gasteiger partial charge in [-0.3, -0.25) is 9.59 Å². The molecule has 196 valence electrons. The minimum atomic E-state index is -4.48. The summed E-state index contributed by atoms with van der Waals surface area (Å²) in [6.45, 7) is -0.101. The molecule has 0 spiro atoms. The number of rotatable bonds is 6. The molecule has 0 saturated carbocycles. The zero-order valence-electron chi connectivity index (χ0n) is 19.4. The summed E-state index contributed by atoms with van der Waals surface area (Å²) < 4.78 is 65.0. The molecule has 37 heavy (non-hydrogen) atoms. The fraction of sp³-hybridized carbons (Fsp3) is 0.375. The maximum Gasteiger partial charge on any atom is 0.416 e. The number of alkyl halides is 3. The van der Waals surface area contributed by atoms with Gasteiger partial charge in [0.1, 0.15) is 6.04 Å². The van der Waals surface area contributed by atoms with Gasteiger partial charge in [-0.1, -0.05) is 18.2 Å². The molecule has 0 bridgehead atoms. The Morgan fingerprint density at radius 3 is 2.41 bits per heavy atom. The number of hydrogen-bond donors (Lipinski definition) is 2. The van der Waals surface area contributed by atoms with Gasteiger partial charge in [0, 0.05) is 38.2 Å². The summed E-state index contributed by atoms with van der Waals surface area (Å²) in [5, 5.41) is 21.6. The summed E-state index contributed by atoms with van der Waals surface area (Å²) >= 11 is 0. The Morgan fingerprint density at radius 2 is 1.78 bits per heavy atom. The number of β-amino-alcohol motifs (C(OH)–C–C–N with tert-alkyl or cyclic N) is 1. The van der Waals surface area contributed by atoms with Crippen molar-refractivity contribution in [3.05, 3.63) is 65.2 Å². The average Bonchev–Trinajstić information content (AvgIpc) is 3.22. The van der Waals surface area contributed by atoms with Gasteiger partial charge in [0.2, 0.25) is 15.9 Å². The second-order valence-corrected chi connectivity index (χ2v) is 10.9. The first kappa shape index (κ1) is 26.6. The van der Waals surface area contributed by atoms with Crippen LogP contribution in [0.5, 0.6) is 0 Å². The van der Waals surface area contributed by atoms with Crippen LogP contribution in [0, 0.1) is 17.2 Å². The lowest BCUT2D eigenvalue weighted by atomic mass is 10.1. The normalized spacial score (nSPS) is 20.8. The van der Waals surface area contributed by atoms with Gasteiger partial charge in [0.05, 0.1) is 28.6 Å². The van der Waals surface area contributed by atoms with Crippen molar-refractivity contribution in [2.75, 3.05) is 19.6 Å². The Labute approximate surface area is 211 Å². The summed E-state index contributed by atoms with van der Waals surface area (Å²) in [6.07, 6.45) is -5.51. The number of amides is 2. The number of hydrogen-bond acceptors (Lipinski definition) is 6. The molecule has 2 fully saturated rings. The van der Waals surface area contributed by atoms with Crippen molar-refractivity contribution in [3.8, 4) is 6.07 Å². The van der Waals surface area contributed by atoms with E-state index in [-0.39, 0.29) is 49.0 Å². The number of likely N-dealkylation sites (tertiary alicyclic amines) is 1. The number of aliphatic hydroxyl groups is 1. The van der Waals surface area contributed by atoms with E-state index in [2.05, 4.69) is 5.32 Å². The van der Waals surface area contributed by atoms with E-state index in [1.165, 1.54) is 36.4 Å². The molecule has 4 rings (SSSR count). The van der Waals surface area contributed by atoms with Gasteiger partial charge in [-0.2, -0.15) is 22.7 Å². The van der Waals surface area contributed by atoms with Crippen LogP contribution in [-0.4, -0.2) is 66.3 Å². The maximum absolute atomic E-state index is 13.2. The summed E-state index contributed by atoms with van der Waals surface area (Å²) in [5.74, 6) is -1.63. The predicted octanol–water partition coefficient (Wildman–Crippen LogP) is 1.74. The first-order valence-corrected chi connectivity index (χ1v) is 12.8. The van der Waals surface area contributed by atoms with Crippen molar-refractivity contribution in [2.45, 2.75) is 36.2 Å². The number of sulfonamides is 1. The quantitative estimate of drug-likeness (QED) is 0.579. The van der Waals surface area contributed by atoms with Crippen LogP contribution in [0.3, 0.4) is 0 Å². The first-order valence-electron chi connectivity index (χ1n) is 11.3. The molecule has 2 aromatic rings. The van der Waals surface area contributed by atoms with Gasteiger partial charge in [-0.15, -0.1) is 0 Å². The number of aliphatic hydroxyl groups excluding tert-OH is 1.